The Bertz CT molecular complexity index is 183. The summed E-state index contributed by atoms with van der Waals surface area (Å²) in [5.41, 5.74) is 5.90. The van der Waals surface area contributed by atoms with Crippen LogP contribution >= 0.6 is 11.8 Å². The Hall–Kier alpha value is -0.180. The highest BCUT2D eigenvalue weighted by Gasteiger charge is 2.39. The molecule has 0 atom stereocenters. The second-order valence-electron chi connectivity index (χ2n) is 3.32. The molecule has 2 N–H and O–H groups in total. The van der Waals surface area contributed by atoms with Crippen LogP contribution < -0.4 is 5.73 Å². The van der Waals surface area contributed by atoms with Crippen LogP contribution in [0, 0.1) is 0 Å². The van der Waals surface area contributed by atoms with Crippen molar-refractivity contribution in [2.45, 2.75) is 30.4 Å². The van der Waals surface area contributed by atoms with E-state index in [1.807, 2.05) is 11.8 Å². The molecule has 0 amide bonds. The lowest BCUT2D eigenvalue weighted by atomic mass is 10.1. The van der Waals surface area contributed by atoms with Gasteiger partial charge in [0.25, 0.3) is 0 Å². The summed E-state index contributed by atoms with van der Waals surface area (Å²) in [4.78, 5) is 4.34. The van der Waals surface area contributed by atoms with E-state index in [4.69, 9.17) is 5.73 Å². The van der Waals surface area contributed by atoms with Gasteiger partial charge in [0.15, 0.2) is 0 Å². The third-order valence-electron chi connectivity index (χ3n) is 2.63. The van der Waals surface area contributed by atoms with Crippen molar-refractivity contribution in [3.63, 3.8) is 0 Å². The molecule has 2 aliphatic rings. The summed E-state index contributed by atoms with van der Waals surface area (Å²) in [7, 11) is 0. The molecule has 62 valence electrons. The Balaban J connectivity index is 2.21. The zero-order chi connectivity index (χ0) is 7.73. The average Bonchev–Trinajstić information content (AvgIpc) is 2.46. The van der Waals surface area contributed by atoms with Crippen LogP contribution in [-0.4, -0.2) is 22.9 Å². The first-order valence-corrected chi connectivity index (χ1v) is 5.26. The number of amidine groups is 1. The normalized spacial score (nSPS) is 28.9. The Morgan fingerprint density at radius 3 is 2.73 bits per heavy atom. The van der Waals surface area contributed by atoms with E-state index in [1.165, 1.54) is 31.4 Å². The van der Waals surface area contributed by atoms with E-state index >= 15 is 0 Å². The van der Waals surface area contributed by atoms with Crippen LogP contribution in [0.15, 0.2) is 4.99 Å². The second-order valence-corrected chi connectivity index (χ2v) is 4.80. The molecule has 1 aliphatic heterocycles. The van der Waals surface area contributed by atoms with Gasteiger partial charge in [0, 0.05) is 5.75 Å². The largest absolute Gasteiger partial charge is 0.386 e. The first-order chi connectivity index (χ1) is 5.33. The minimum atomic E-state index is 0.276. The molecule has 0 saturated heterocycles. The van der Waals surface area contributed by atoms with Gasteiger partial charge < -0.3 is 5.73 Å². The van der Waals surface area contributed by atoms with Crippen LogP contribution in [-0.2, 0) is 0 Å². The molecule has 3 heteroatoms. The summed E-state index contributed by atoms with van der Waals surface area (Å²) in [5, 5.41) is 0. The molecule has 0 radical (unpaired) electrons. The van der Waals surface area contributed by atoms with Crippen LogP contribution in [0.25, 0.3) is 0 Å². The van der Waals surface area contributed by atoms with E-state index in [9.17, 15) is 0 Å². The lowest BCUT2D eigenvalue weighted by molar-refractivity contribution is 0.762. The molecule has 1 spiro atoms. The summed E-state index contributed by atoms with van der Waals surface area (Å²) in [6.07, 6.45) is 5.19. The minimum absolute atomic E-state index is 0.276. The molecule has 2 rings (SSSR count). The van der Waals surface area contributed by atoms with E-state index < -0.39 is 0 Å². The topological polar surface area (TPSA) is 38.4 Å². The summed E-state index contributed by atoms with van der Waals surface area (Å²) in [5.74, 6) is 2.09. The van der Waals surface area contributed by atoms with Crippen LogP contribution in [0.5, 0.6) is 0 Å². The Kier molecular flexibility index (Phi) is 1.83. The summed E-state index contributed by atoms with van der Waals surface area (Å²) in [6.45, 7) is 0.929. The predicted octanol–water partition coefficient (Wildman–Crippen LogP) is 1.40. The molecule has 0 aromatic heterocycles. The SMILES string of the molecule is NC1=NCCSC12CCCC2. The zero-order valence-electron chi connectivity index (χ0n) is 6.68. The van der Waals surface area contributed by atoms with Crippen LogP contribution in [0.2, 0.25) is 0 Å². The summed E-state index contributed by atoms with van der Waals surface area (Å²) >= 11 is 2.03. The zero-order valence-corrected chi connectivity index (χ0v) is 7.49. The van der Waals surface area contributed by atoms with Gasteiger partial charge in [0.1, 0.15) is 5.84 Å². The van der Waals surface area contributed by atoms with Gasteiger partial charge in [-0.3, -0.25) is 4.99 Å². The van der Waals surface area contributed by atoms with Crippen molar-refractivity contribution in [2.24, 2.45) is 10.7 Å². The number of thioether (sulfide) groups is 1. The maximum atomic E-state index is 5.90. The van der Waals surface area contributed by atoms with E-state index in [1.54, 1.807) is 0 Å². The summed E-state index contributed by atoms with van der Waals surface area (Å²) < 4.78 is 0.276. The number of hydrogen-bond acceptors (Lipinski definition) is 3. The number of nitrogens with zero attached hydrogens (tertiary/aromatic N) is 1. The fraction of sp³-hybridized carbons (Fsp3) is 0.875. The fourth-order valence-corrected chi connectivity index (χ4v) is 3.33. The van der Waals surface area contributed by atoms with E-state index in [0.29, 0.717) is 0 Å². The smallest absolute Gasteiger partial charge is 0.110 e. The van der Waals surface area contributed by atoms with Gasteiger partial charge in [-0.05, 0) is 12.8 Å². The standard InChI is InChI=1S/C8H14N2S/c9-7-8(3-1-2-4-8)11-6-5-10-7/h1-6H2,(H2,9,10). The number of rotatable bonds is 0. The maximum Gasteiger partial charge on any atom is 0.110 e. The van der Waals surface area contributed by atoms with Crippen molar-refractivity contribution >= 4 is 17.6 Å². The van der Waals surface area contributed by atoms with E-state index in [2.05, 4.69) is 4.99 Å². The molecule has 0 aromatic carbocycles. The molecule has 11 heavy (non-hydrogen) atoms. The molecule has 2 nitrogen and oxygen atoms in total. The van der Waals surface area contributed by atoms with Crippen molar-refractivity contribution < 1.29 is 0 Å². The van der Waals surface area contributed by atoms with Crippen LogP contribution in [0.3, 0.4) is 0 Å². The first kappa shape index (κ1) is 7.47. The molecule has 0 bridgehead atoms. The van der Waals surface area contributed by atoms with Gasteiger partial charge in [0.2, 0.25) is 0 Å². The van der Waals surface area contributed by atoms with Crippen molar-refractivity contribution in [1.82, 2.24) is 0 Å². The van der Waals surface area contributed by atoms with E-state index in [-0.39, 0.29) is 4.75 Å². The molecule has 1 aliphatic carbocycles. The molecule has 0 unspecified atom stereocenters. The van der Waals surface area contributed by atoms with Gasteiger partial charge in [0.05, 0.1) is 11.3 Å². The fourth-order valence-electron chi connectivity index (χ4n) is 1.97. The highest BCUT2D eigenvalue weighted by molar-refractivity contribution is 8.01. The molecule has 0 aromatic rings. The van der Waals surface area contributed by atoms with Crippen LogP contribution in [0.4, 0.5) is 0 Å². The van der Waals surface area contributed by atoms with Crippen LogP contribution in [0.1, 0.15) is 25.7 Å². The molecular weight excluding hydrogens is 156 g/mol. The summed E-state index contributed by atoms with van der Waals surface area (Å²) in [6, 6.07) is 0. The van der Waals surface area contributed by atoms with Crippen molar-refractivity contribution in [2.75, 3.05) is 12.3 Å². The quantitative estimate of drug-likeness (QED) is 0.597. The highest BCUT2D eigenvalue weighted by atomic mass is 32.2. The Morgan fingerprint density at radius 1 is 1.36 bits per heavy atom. The lowest BCUT2D eigenvalue weighted by Crippen LogP contribution is -2.41. The minimum Gasteiger partial charge on any atom is -0.386 e. The average molecular weight is 170 g/mol. The lowest BCUT2D eigenvalue weighted by Gasteiger charge is -2.30. The molecular formula is C8H14N2S. The van der Waals surface area contributed by atoms with Gasteiger partial charge >= 0.3 is 0 Å². The third kappa shape index (κ3) is 1.15. The molecule has 1 fully saturated rings. The second kappa shape index (κ2) is 2.70. The maximum absolute atomic E-state index is 5.90. The van der Waals surface area contributed by atoms with E-state index in [0.717, 1.165) is 12.4 Å². The Morgan fingerprint density at radius 2 is 2.09 bits per heavy atom. The van der Waals surface area contributed by atoms with Crippen molar-refractivity contribution in [1.29, 1.82) is 0 Å². The monoisotopic (exact) mass is 170 g/mol. The third-order valence-corrected chi connectivity index (χ3v) is 4.19. The Labute approximate surface area is 71.6 Å². The number of nitrogens with two attached hydrogens (primary N) is 1. The van der Waals surface area contributed by atoms with Crippen molar-refractivity contribution in [3.05, 3.63) is 0 Å². The number of aliphatic imine (C=N–C) groups is 1. The van der Waals surface area contributed by atoms with Crippen molar-refractivity contribution in [3.8, 4) is 0 Å². The first-order valence-electron chi connectivity index (χ1n) is 4.28. The molecule has 1 saturated carbocycles. The van der Waals surface area contributed by atoms with Gasteiger partial charge in [-0.25, -0.2) is 0 Å². The van der Waals surface area contributed by atoms with Gasteiger partial charge in [-0.2, -0.15) is 0 Å². The number of hydrogen-bond donors (Lipinski definition) is 1. The van der Waals surface area contributed by atoms with Gasteiger partial charge in [-0.1, -0.05) is 12.8 Å². The predicted molar refractivity (Wildman–Crippen MR) is 50.1 cm³/mol. The highest BCUT2D eigenvalue weighted by Crippen LogP contribution is 2.43. The van der Waals surface area contributed by atoms with Gasteiger partial charge in [-0.15, -0.1) is 11.8 Å². The molecule has 1 heterocycles.